The number of H-pyrrole nitrogens is 1. The summed E-state index contributed by atoms with van der Waals surface area (Å²) in [4.78, 5) is 51.3. The highest BCUT2D eigenvalue weighted by Gasteiger charge is 2.63. The SMILES string of the molecule is CCCN1C(=O)C2N(N(CC)CCO)C(Cc3ncn[nH]3)=NC2(CC)N(CCc2ccccc2[N+](=O)[O-])C1=O. The van der Waals surface area contributed by atoms with Crippen molar-refractivity contribution in [1.29, 1.82) is 0 Å². The van der Waals surface area contributed by atoms with Gasteiger partial charge in [0.2, 0.25) is 0 Å². The lowest BCUT2D eigenvalue weighted by Crippen LogP contribution is -2.74. The summed E-state index contributed by atoms with van der Waals surface area (Å²) in [6.07, 6.45) is 2.74. The molecule has 39 heavy (non-hydrogen) atoms. The Labute approximate surface area is 226 Å². The number of nitro benzene ring substituents is 1. The molecule has 0 bridgehead atoms. The van der Waals surface area contributed by atoms with Crippen molar-refractivity contribution in [2.75, 3.05) is 32.8 Å². The number of nitrogens with zero attached hydrogens (tertiary/aromatic N) is 8. The molecule has 4 rings (SSSR count). The molecule has 1 aromatic heterocycles. The fraction of sp³-hybridized carbons (Fsp3) is 0.560. The second-order valence-corrected chi connectivity index (χ2v) is 9.45. The molecule has 0 saturated carbocycles. The maximum absolute atomic E-state index is 14.1. The Balaban J connectivity index is 1.82. The molecular formula is C25H35N9O5. The Morgan fingerprint density at radius 2 is 1.97 bits per heavy atom. The van der Waals surface area contributed by atoms with Crippen LogP contribution in [0.15, 0.2) is 35.6 Å². The van der Waals surface area contributed by atoms with E-state index in [0.717, 1.165) is 0 Å². The number of nitro groups is 1. The molecule has 1 saturated heterocycles. The van der Waals surface area contributed by atoms with Crippen LogP contribution >= 0.6 is 0 Å². The fourth-order valence-corrected chi connectivity index (χ4v) is 5.51. The Morgan fingerprint density at radius 1 is 1.21 bits per heavy atom. The van der Waals surface area contributed by atoms with E-state index in [-0.39, 0.29) is 50.7 Å². The first-order chi connectivity index (χ1) is 18.8. The van der Waals surface area contributed by atoms with Crippen LogP contribution in [0.25, 0.3) is 0 Å². The van der Waals surface area contributed by atoms with Gasteiger partial charge < -0.3 is 5.11 Å². The summed E-state index contributed by atoms with van der Waals surface area (Å²) in [6.45, 7) is 6.64. The van der Waals surface area contributed by atoms with E-state index in [4.69, 9.17) is 4.99 Å². The molecule has 1 fully saturated rings. The number of carbonyl (C=O) groups excluding carboxylic acids is 2. The predicted octanol–water partition coefficient (Wildman–Crippen LogP) is 1.59. The van der Waals surface area contributed by atoms with Gasteiger partial charge in [-0.15, -0.1) is 0 Å². The van der Waals surface area contributed by atoms with E-state index in [1.165, 1.54) is 17.3 Å². The van der Waals surface area contributed by atoms with Crippen molar-refractivity contribution in [1.82, 2.24) is 35.0 Å². The molecule has 2 aliphatic heterocycles. The number of hydrazine groups is 1. The third-order valence-corrected chi connectivity index (χ3v) is 7.28. The molecule has 3 heterocycles. The summed E-state index contributed by atoms with van der Waals surface area (Å²) in [5, 5.41) is 31.9. The van der Waals surface area contributed by atoms with Crippen LogP contribution in [0.5, 0.6) is 0 Å². The van der Waals surface area contributed by atoms with Gasteiger partial charge in [0.05, 0.1) is 18.0 Å². The zero-order valence-electron chi connectivity index (χ0n) is 22.5. The highest BCUT2D eigenvalue weighted by atomic mass is 16.6. The van der Waals surface area contributed by atoms with E-state index in [0.29, 0.717) is 36.6 Å². The average molecular weight is 542 g/mol. The molecule has 14 heteroatoms. The number of imide groups is 1. The minimum Gasteiger partial charge on any atom is -0.395 e. The smallest absolute Gasteiger partial charge is 0.328 e. The maximum atomic E-state index is 14.1. The number of fused-ring (bicyclic) bond motifs is 1. The number of likely N-dealkylation sites (N-methyl/N-ethyl adjacent to an activating group) is 1. The number of urea groups is 1. The van der Waals surface area contributed by atoms with Gasteiger partial charge in [0.15, 0.2) is 11.7 Å². The zero-order valence-corrected chi connectivity index (χ0v) is 22.5. The van der Waals surface area contributed by atoms with Crippen LogP contribution in [-0.4, -0.2) is 107 Å². The van der Waals surface area contributed by atoms with Gasteiger partial charge in [-0.3, -0.25) is 34.8 Å². The number of nitrogens with one attached hydrogen (secondary N) is 1. The van der Waals surface area contributed by atoms with Crippen molar-refractivity contribution >= 4 is 23.5 Å². The minimum atomic E-state index is -1.25. The van der Waals surface area contributed by atoms with Gasteiger partial charge in [-0.05, 0) is 19.3 Å². The van der Waals surface area contributed by atoms with E-state index in [2.05, 4.69) is 15.2 Å². The number of aromatic amines is 1. The molecule has 2 aliphatic rings. The molecule has 3 amide bonds. The molecular weight excluding hydrogens is 506 g/mol. The van der Waals surface area contributed by atoms with Crippen molar-refractivity contribution in [3.63, 3.8) is 0 Å². The van der Waals surface area contributed by atoms with E-state index < -0.39 is 22.7 Å². The third-order valence-electron chi connectivity index (χ3n) is 7.28. The summed E-state index contributed by atoms with van der Waals surface area (Å²) in [7, 11) is 0. The van der Waals surface area contributed by atoms with E-state index in [1.807, 2.05) is 25.8 Å². The molecule has 210 valence electrons. The molecule has 2 atom stereocenters. The summed E-state index contributed by atoms with van der Waals surface area (Å²) in [5.74, 6) is 0.696. The Bertz CT molecular complexity index is 1220. The number of hydrogen-bond acceptors (Lipinski definition) is 10. The van der Waals surface area contributed by atoms with E-state index >= 15 is 0 Å². The lowest BCUT2D eigenvalue weighted by Gasteiger charge is -2.51. The van der Waals surface area contributed by atoms with Crippen molar-refractivity contribution in [2.24, 2.45) is 4.99 Å². The van der Waals surface area contributed by atoms with E-state index in [9.17, 15) is 24.8 Å². The van der Waals surface area contributed by atoms with Crippen LogP contribution in [0.4, 0.5) is 10.5 Å². The molecule has 2 aromatic rings. The van der Waals surface area contributed by atoms with Crippen LogP contribution in [0.3, 0.4) is 0 Å². The van der Waals surface area contributed by atoms with Crippen LogP contribution in [0.2, 0.25) is 0 Å². The molecule has 2 N–H and O–H groups in total. The van der Waals surface area contributed by atoms with Crippen molar-refractivity contribution < 1.29 is 19.6 Å². The highest BCUT2D eigenvalue weighted by molar-refractivity contribution is 6.05. The third kappa shape index (κ3) is 5.08. The number of carbonyl (C=O) groups is 2. The number of hydrogen-bond donors (Lipinski definition) is 2. The first-order valence-corrected chi connectivity index (χ1v) is 13.3. The van der Waals surface area contributed by atoms with Gasteiger partial charge in [-0.25, -0.2) is 19.8 Å². The minimum absolute atomic E-state index is 0.0202. The Kier molecular flexibility index (Phi) is 8.55. The number of benzene rings is 1. The standard InChI is InChI=1S/C25H35N9O5/c1-4-12-31-23(36)22-25(5-2,32(24(31)37)13-11-18-9-7-8-10-19(18)34(38)39)28-21(16-20-26-17-27-29-20)33(22)30(6-3)14-15-35/h7-10,17,22,35H,4-6,11-16H2,1-3H3,(H,26,27,29). The lowest BCUT2D eigenvalue weighted by atomic mass is 9.91. The van der Waals surface area contributed by atoms with Gasteiger partial charge in [-0.1, -0.05) is 39.0 Å². The molecule has 1 aromatic carbocycles. The lowest BCUT2D eigenvalue weighted by molar-refractivity contribution is -0.385. The molecule has 0 aliphatic carbocycles. The van der Waals surface area contributed by atoms with Gasteiger partial charge in [0.1, 0.15) is 18.0 Å². The van der Waals surface area contributed by atoms with Crippen LogP contribution < -0.4 is 0 Å². The summed E-state index contributed by atoms with van der Waals surface area (Å²) in [6, 6.07) is 5.11. The van der Waals surface area contributed by atoms with Gasteiger partial charge >= 0.3 is 6.03 Å². The Morgan fingerprint density at radius 3 is 2.59 bits per heavy atom. The quantitative estimate of drug-likeness (QED) is 0.283. The number of para-hydroxylation sites is 1. The number of aliphatic hydroxyl groups excluding tert-OH is 1. The van der Waals surface area contributed by atoms with Gasteiger partial charge in [0, 0.05) is 37.8 Å². The monoisotopic (exact) mass is 541 g/mol. The van der Waals surface area contributed by atoms with Crippen LogP contribution in [-0.2, 0) is 17.6 Å². The normalized spacial score (nSPS) is 21.1. The first kappa shape index (κ1) is 28.1. The molecule has 2 unspecified atom stereocenters. The van der Waals surface area contributed by atoms with Gasteiger partial charge in [0.25, 0.3) is 11.6 Å². The first-order valence-electron chi connectivity index (χ1n) is 13.3. The number of aliphatic imine (C=N–C) groups is 1. The van der Waals surface area contributed by atoms with Crippen molar-refractivity contribution in [3.05, 3.63) is 52.1 Å². The molecule has 0 spiro atoms. The van der Waals surface area contributed by atoms with E-state index in [1.54, 1.807) is 28.1 Å². The fourth-order valence-electron chi connectivity index (χ4n) is 5.51. The number of aliphatic hydroxyl groups is 1. The number of aromatic nitrogens is 3. The summed E-state index contributed by atoms with van der Waals surface area (Å²) < 4.78 is 0. The molecule has 14 nitrogen and oxygen atoms in total. The topological polar surface area (TPSA) is 164 Å². The second-order valence-electron chi connectivity index (χ2n) is 9.45. The average Bonchev–Trinajstić information content (AvgIpc) is 3.56. The van der Waals surface area contributed by atoms with Crippen molar-refractivity contribution in [2.45, 2.75) is 58.2 Å². The summed E-state index contributed by atoms with van der Waals surface area (Å²) >= 11 is 0. The number of amides is 3. The Hall–Kier alpha value is -3.91. The number of rotatable bonds is 13. The second kappa shape index (κ2) is 11.9. The van der Waals surface area contributed by atoms with Crippen molar-refractivity contribution in [3.8, 4) is 0 Å². The summed E-state index contributed by atoms with van der Waals surface area (Å²) in [5.41, 5.74) is -0.776. The largest absolute Gasteiger partial charge is 0.395 e. The van der Waals surface area contributed by atoms with Crippen LogP contribution in [0.1, 0.15) is 45.0 Å². The zero-order chi connectivity index (χ0) is 28.2. The van der Waals surface area contributed by atoms with Crippen LogP contribution in [0, 0.1) is 10.1 Å². The molecule has 0 radical (unpaired) electrons. The highest BCUT2D eigenvalue weighted by Crippen LogP contribution is 2.42. The maximum Gasteiger partial charge on any atom is 0.328 e. The van der Waals surface area contributed by atoms with Gasteiger partial charge in [-0.2, -0.15) is 5.10 Å². The number of amidine groups is 1. The predicted molar refractivity (Wildman–Crippen MR) is 141 cm³/mol.